The minimum Gasteiger partial charge on any atom is -0.480 e. The second kappa shape index (κ2) is 8.95. The highest BCUT2D eigenvalue weighted by atomic mass is 35.5. The summed E-state index contributed by atoms with van der Waals surface area (Å²) in [6.45, 7) is 0. The number of carbonyl (C=O) groups excluding carboxylic acids is 2. The van der Waals surface area contributed by atoms with E-state index in [0.29, 0.717) is 21.2 Å². The van der Waals surface area contributed by atoms with Gasteiger partial charge in [-0.05, 0) is 35.4 Å². The van der Waals surface area contributed by atoms with Crippen LogP contribution in [0.2, 0.25) is 15.1 Å². The van der Waals surface area contributed by atoms with Gasteiger partial charge in [0.25, 0.3) is 0 Å². The summed E-state index contributed by atoms with van der Waals surface area (Å²) in [6, 6.07) is 19.5. The summed E-state index contributed by atoms with van der Waals surface area (Å²) in [5, 5.41) is 14.5. The monoisotopic (exact) mass is 528 g/mol. The van der Waals surface area contributed by atoms with Gasteiger partial charge in [-0.1, -0.05) is 83.3 Å². The van der Waals surface area contributed by atoms with Crippen LogP contribution in [-0.4, -0.2) is 28.4 Å². The molecule has 3 aromatic carbocycles. The molecule has 3 aromatic rings. The molecule has 2 aliphatic heterocycles. The summed E-state index contributed by atoms with van der Waals surface area (Å²) in [5.74, 6) is -4.60. The highest BCUT2D eigenvalue weighted by molar-refractivity contribution is 6.38. The minimum absolute atomic E-state index is 0.00744. The lowest BCUT2D eigenvalue weighted by Gasteiger charge is -2.31. The Morgan fingerprint density at radius 2 is 1.60 bits per heavy atom. The van der Waals surface area contributed by atoms with E-state index in [9.17, 15) is 19.5 Å². The molecule has 2 aliphatic rings. The van der Waals surface area contributed by atoms with Crippen LogP contribution >= 0.6 is 34.8 Å². The second-order valence-electron chi connectivity index (χ2n) is 8.69. The molecule has 2 saturated heterocycles. The van der Waals surface area contributed by atoms with Gasteiger partial charge in [0.15, 0.2) is 0 Å². The number of carboxylic acid groups (broad SMARTS) is 1. The molecular weight excluding hydrogens is 511 g/mol. The molecule has 9 heteroatoms. The molecule has 0 saturated carbocycles. The SMILES string of the molecule is O=C1[C@@H]2[C@H](c3ccccc3Cl)N[C@](Cc3ccccc3)(C(=O)O)[C@H]2C(=O)N1c1ccc(Cl)cc1Cl. The number of nitrogens with zero attached hydrogens (tertiary/aromatic N) is 1. The fraction of sp³-hybridized carbons (Fsp3) is 0.192. The molecule has 0 aliphatic carbocycles. The topological polar surface area (TPSA) is 86.7 Å². The summed E-state index contributed by atoms with van der Waals surface area (Å²) in [6.07, 6.45) is -0.00744. The molecule has 5 rings (SSSR count). The third-order valence-corrected chi connectivity index (χ3v) is 7.63. The van der Waals surface area contributed by atoms with Crippen molar-refractivity contribution in [3.63, 3.8) is 0 Å². The number of imide groups is 1. The number of hydrogen-bond donors (Lipinski definition) is 2. The van der Waals surface area contributed by atoms with Gasteiger partial charge in [-0.25, -0.2) is 4.90 Å². The maximum Gasteiger partial charge on any atom is 0.325 e. The molecule has 2 N–H and O–H groups in total. The third kappa shape index (κ3) is 3.81. The number of halogens is 3. The molecule has 2 fully saturated rings. The van der Waals surface area contributed by atoms with Crippen molar-refractivity contribution in [3.8, 4) is 0 Å². The molecule has 0 unspecified atom stereocenters. The van der Waals surface area contributed by atoms with E-state index in [-0.39, 0.29) is 17.1 Å². The van der Waals surface area contributed by atoms with Crippen LogP contribution in [0.15, 0.2) is 72.8 Å². The predicted octanol–water partition coefficient (Wildman–Crippen LogP) is 5.16. The van der Waals surface area contributed by atoms with Crippen molar-refractivity contribution in [2.75, 3.05) is 4.90 Å². The zero-order valence-corrected chi connectivity index (χ0v) is 20.4. The van der Waals surface area contributed by atoms with Crippen molar-refractivity contribution in [2.45, 2.75) is 18.0 Å². The van der Waals surface area contributed by atoms with Crippen LogP contribution in [0.4, 0.5) is 5.69 Å². The van der Waals surface area contributed by atoms with Gasteiger partial charge in [0.2, 0.25) is 11.8 Å². The average molecular weight is 530 g/mol. The molecule has 4 atom stereocenters. The van der Waals surface area contributed by atoms with Crippen LogP contribution in [0.5, 0.6) is 0 Å². The molecule has 0 aromatic heterocycles. The Kier molecular flexibility index (Phi) is 6.09. The second-order valence-corrected chi connectivity index (χ2v) is 9.94. The van der Waals surface area contributed by atoms with Crippen LogP contribution in [0, 0.1) is 11.8 Å². The lowest BCUT2D eigenvalue weighted by molar-refractivity contribution is -0.148. The van der Waals surface area contributed by atoms with Gasteiger partial charge in [-0.15, -0.1) is 0 Å². The number of aliphatic carboxylic acids is 1. The summed E-state index contributed by atoms with van der Waals surface area (Å²) in [5.41, 5.74) is -0.330. The molecule has 0 bridgehead atoms. The fourth-order valence-corrected chi connectivity index (χ4v) is 6.00. The van der Waals surface area contributed by atoms with Crippen molar-refractivity contribution >= 4 is 58.3 Å². The number of rotatable bonds is 5. The van der Waals surface area contributed by atoms with E-state index < -0.39 is 41.2 Å². The number of amides is 2. The Bertz CT molecular complexity index is 1350. The van der Waals surface area contributed by atoms with Crippen LogP contribution < -0.4 is 10.2 Å². The molecule has 2 amide bonds. The van der Waals surface area contributed by atoms with Crippen LogP contribution in [0.1, 0.15) is 17.2 Å². The van der Waals surface area contributed by atoms with Crippen LogP contribution in [0.25, 0.3) is 0 Å². The number of carboxylic acids is 1. The zero-order valence-electron chi connectivity index (χ0n) is 18.1. The van der Waals surface area contributed by atoms with E-state index in [0.717, 1.165) is 4.90 Å². The van der Waals surface area contributed by atoms with Gasteiger partial charge >= 0.3 is 5.97 Å². The van der Waals surface area contributed by atoms with Gasteiger partial charge in [-0.3, -0.25) is 19.7 Å². The first-order valence-electron chi connectivity index (χ1n) is 10.9. The van der Waals surface area contributed by atoms with Crippen molar-refractivity contribution in [1.82, 2.24) is 5.32 Å². The molecule has 6 nitrogen and oxygen atoms in total. The van der Waals surface area contributed by atoms with Gasteiger partial charge < -0.3 is 5.11 Å². The highest BCUT2D eigenvalue weighted by Gasteiger charge is 2.68. The maximum absolute atomic E-state index is 13.9. The summed E-state index contributed by atoms with van der Waals surface area (Å²) in [4.78, 5) is 41.6. The molecule has 35 heavy (non-hydrogen) atoms. The number of carbonyl (C=O) groups is 3. The van der Waals surface area contributed by atoms with Crippen LogP contribution in [-0.2, 0) is 20.8 Å². The highest BCUT2D eigenvalue weighted by Crippen LogP contribution is 2.52. The van der Waals surface area contributed by atoms with Crippen molar-refractivity contribution < 1.29 is 19.5 Å². The Labute approximate surface area is 216 Å². The van der Waals surface area contributed by atoms with Crippen LogP contribution in [0.3, 0.4) is 0 Å². The van der Waals surface area contributed by atoms with E-state index >= 15 is 0 Å². The van der Waals surface area contributed by atoms with Gasteiger partial charge in [0, 0.05) is 22.5 Å². The van der Waals surface area contributed by atoms with Crippen molar-refractivity contribution in [1.29, 1.82) is 0 Å². The summed E-state index contributed by atoms with van der Waals surface area (Å²) < 4.78 is 0. The Morgan fingerprint density at radius 1 is 0.914 bits per heavy atom. The number of anilines is 1. The number of fused-ring (bicyclic) bond motifs is 1. The fourth-order valence-electron chi connectivity index (χ4n) is 5.25. The Morgan fingerprint density at radius 3 is 2.26 bits per heavy atom. The van der Waals surface area contributed by atoms with E-state index in [4.69, 9.17) is 34.8 Å². The number of hydrogen-bond acceptors (Lipinski definition) is 4. The normalized spacial score (nSPS) is 25.7. The third-order valence-electron chi connectivity index (χ3n) is 6.75. The van der Waals surface area contributed by atoms with Gasteiger partial charge in [0.05, 0.1) is 22.5 Å². The smallest absolute Gasteiger partial charge is 0.325 e. The standard InChI is InChI=1S/C26H19Cl3N2O4/c27-15-10-11-19(18(29)12-15)31-23(32)20-21(24(31)33)26(25(34)35,13-14-6-2-1-3-7-14)30-22(20)16-8-4-5-9-17(16)28/h1-12,20-22,30H,13H2,(H,34,35)/t20-,21+,22-,26-/m0/s1. The molecular formula is C26H19Cl3N2O4. The first kappa shape index (κ1) is 23.8. The van der Waals surface area contributed by atoms with Crippen molar-refractivity contribution in [3.05, 3.63) is 99.0 Å². The minimum atomic E-state index is -1.75. The molecule has 178 valence electrons. The quantitative estimate of drug-likeness (QED) is 0.446. The number of nitrogens with one attached hydrogen (secondary N) is 1. The Balaban J connectivity index is 1.69. The summed E-state index contributed by atoms with van der Waals surface area (Å²) >= 11 is 18.8. The first-order valence-corrected chi connectivity index (χ1v) is 12.0. The first-order chi connectivity index (χ1) is 16.7. The van der Waals surface area contributed by atoms with Gasteiger partial charge in [0.1, 0.15) is 5.54 Å². The van der Waals surface area contributed by atoms with Crippen molar-refractivity contribution in [2.24, 2.45) is 11.8 Å². The van der Waals surface area contributed by atoms with E-state index in [1.807, 2.05) is 6.07 Å². The van der Waals surface area contributed by atoms with E-state index in [2.05, 4.69) is 5.32 Å². The lowest BCUT2D eigenvalue weighted by Crippen LogP contribution is -2.57. The molecule has 0 radical (unpaired) electrons. The zero-order chi connectivity index (χ0) is 24.9. The largest absolute Gasteiger partial charge is 0.480 e. The average Bonchev–Trinajstić information content (AvgIpc) is 3.29. The lowest BCUT2D eigenvalue weighted by atomic mass is 9.76. The molecule has 0 spiro atoms. The Hall–Kier alpha value is -2.90. The van der Waals surface area contributed by atoms with Gasteiger partial charge in [-0.2, -0.15) is 0 Å². The summed E-state index contributed by atoms with van der Waals surface area (Å²) in [7, 11) is 0. The predicted molar refractivity (Wildman–Crippen MR) is 134 cm³/mol. The molecule has 2 heterocycles. The number of benzene rings is 3. The van der Waals surface area contributed by atoms with E-state index in [1.54, 1.807) is 48.5 Å². The van der Waals surface area contributed by atoms with E-state index in [1.165, 1.54) is 18.2 Å². The maximum atomic E-state index is 13.9.